The molecule has 0 aromatic rings. The average molecular weight is 118 g/mol. The molecule has 0 unspecified atom stereocenters. The standard InChI is InChI=1S/C8H15.Li/c1-6-7(2,3)8(6,4)5;/h6H,1H2,2-5H3;/q-1;+1. The molecular weight excluding hydrogens is 103 g/mol. The SMILES string of the molecule is [CH2-]C1C(C)(C)C1(C)C.[Li+]. The van der Waals surface area contributed by atoms with Crippen molar-refractivity contribution in [1.29, 1.82) is 0 Å². The van der Waals surface area contributed by atoms with Gasteiger partial charge in [-0.05, 0) is 0 Å². The van der Waals surface area contributed by atoms with E-state index in [-0.39, 0.29) is 18.9 Å². The summed E-state index contributed by atoms with van der Waals surface area (Å²) >= 11 is 0. The third-order valence-electron chi connectivity index (χ3n) is 3.32. The van der Waals surface area contributed by atoms with Gasteiger partial charge in [-0.2, -0.15) is 5.92 Å². The Bertz CT molecular complexity index is 99.7. The Labute approximate surface area is 70.6 Å². The summed E-state index contributed by atoms with van der Waals surface area (Å²) in [5.41, 5.74) is 0.986. The van der Waals surface area contributed by atoms with Gasteiger partial charge in [-0.25, -0.2) is 0 Å². The molecule has 1 aliphatic rings. The van der Waals surface area contributed by atoms with Crippen LogP contribution in [-0.2, 0) is 0 Å². The molecule has 0 spiro atoms. The maximum Gasteiger partial charge on any atom is 1.00 e. The van der Waals surface area contributed by atoms with Crippen molar-refractivity contribution in [3.05, 3.63) is 6.92 Å². The van der Waals surface area contributed by atoms with Crippen molar-refractivity contribution in [3.8, 4) is 0 Å². The summed E-state index contributed by atoms with van der Waals surface area (Å²) in [7, 11) is 0. The van der Waals surface area contributed by atoms with Crippen molar-refractivity contribution in [2.45, 2.75) is 27.7 Å². The van der Waals surface area contributed by atoms with Crippen molar-refractivity contribution < 1.29 is 18.9 Å². The smallest absolute Gasteiger partial charge is 0.339 e. The molecule has 0 atom stereocenters. The zero-order valence-electron chi connectivity index (χ0n) is 7.28. The van der Waals surface area contributed by atoms with Crippen LogP contribution in [0, 0.1) is 23.7 Å². The molecule has 9 heavy (non-hydrogen) atoms. The molecule has 0 amide bonds. The van der Waals surface area contributed by atoms with E-state index in [4.69, 9.17) is 0 Å². The maximum atomic E-state index is 4.06. The summed E-state index contributed by atoms with van der Waals surface area (Å²) < 4.78 is 0. The van der Waals surface area contributed by atoms with Crippen molar-refractivity contribution in [3.63, 3.8) is 0 Å². The second kappa shape index (κ2) is 2.04. The van der Waals surface area contributed by atoms with E-state index in [0.717, 1.165) is 0 Å². The van der Waals surface area contributed by atoms with Gasteiger partial charge in [-0.1, -0.05) is 38.5 Å². The van der Waals surface area contributed by atoms with Crippen LogP contribution >= 0.6 is 0 Å². The van der Waals surface area contributed by atoms with Gasteiger partial charge in [0, 0.05) is 0 Å². The fourth-order valence-corrected chi connectivity index (χ4v) is 1.33. The molecule has 0 aliphatic heterocycles. The predicted octanol–water partition coefficient (Wildman–Crippen LogP) is -0.493. The molecule has 0 N–H and O–H groups in total. The maximum absolute atomic E-state index is 4.06. The van der Waals surface area contributed by atoms with E-state index in [2.05, 4.69) is 34.6 Å². The van der Waals surface area contributed by atoms with Crippen LogP contribution in [0.25, 0.3) is 0 Å². The second-order valence-corrected chi connectivity index (χ2v) is 4.00. The Morgan fingerprint density at radius 1 is 1.00 bits per heavy atom. The molecule has 0 heterocycles. The van der Waals surface area contributed by atoms with E-state index in [1.54, 1.807) is 0 Å². The predicted molar refractivity (Wildman–Crippen MR) is 36.4 cm³/mol. The monoisotopic (exact) mass is 118 g/mol. The minimum atomic E-state index is 0. The van der Waals surface area contributed by atoms with Gasteiger partial charge in [-0.15, -0.1) is 0 Å². The van der Waals surface area contributed by atoms with Crippen molar-refractivity contribution in [1.82, 2.24) is 0 Å². The van der Waals surface area contributed by atoms with E-state index in [0.29, 0.717) is 16.7 Å². The number of hydrogen-bond donors (Lipinski definition) is 0. The van der Waals surface area contributed by atoms with E-state index < -0.39 is 0 Å². The molecule has 0 saturated heterocycles. The zero-order valence-corrected chi connectivity index (χ0v) is 7.28. The van der Waals surface area contributed by atoms with Gasteiger partial charge >= 0.3 is 18.9 Å². The van der Waals surface area contributed by atoms with Crippen LogP contribution in [0.5, 0.6) is 0 Å². The topological polar surface area (TPSA) is 0 Å². The van der Waals surface area contributed by atoms with Gasteiger partial charge in [0.05, 0.1) is 0 Å². The summed E-state index contributed by atoms with van der Waals surface area (Å²) in [6, 6.07) is 0. The zero-order chi connectivity index (χ0) is 6.58. The molecule has 0 aromatic heterocycles. The summed E-state index contributed by atoms with van der Waals surface area (Å²) in [5, 5.41) is 0. The van der Waals surface area contributed by atoms with E-state index in [1.165, 1.54) is 0 Å². The van der Waals surface area contributed by atoms with Gasteiger partial charge in [0.25, 0.3) is 0 Å². The summed E-state index contributed by atoms with van der Waals surface area (Å²) in [6.45, 7) is 13.2. The van der Waals surface area contributed by atoms with Gasteiger partial charge in [0.15, 0.2) is 0 Å². The normalized spacial score (nSPS) is 29.0. The largest absolute Gasteiger partial charge is 1.00 e. The van der Waals surface area contributed by atoms with Gasteiger partial charge < -0.3 is 6.92 Å². The molecule has 0 nitrogen and oxygen atoms in total. The van der Waals surface area contributed by atoms with Gasteiger partial charge in [-0.3, -0.25) is 0 Å². The molecule has 0 aromatic carbocycles. The van der Waals surface area contributed by atoms with Crippen LogP contribution in [0.15, 0.2) is 0 Å². The van der Waals surface area contributed by atoms with E-state index in [9.17, 15) is 0 Å². The minimum Gasteiger partial charge on any atom is -0.339 e. The van der Waals surface area contributed by atoms with Crippen LogP contribution in [-0.4, -0.2) is 0 Å². The van der Waals surface area contributed by atoms with Crippen molar-refractivity contribution >= 4 is 0 Å². The Kier molecular flexibility index (Phi) is 2.18. The second-order valence-electron chi connectivity index (χ2n) is 4.00. The molecule has 1 aliphatic carbocycles. The fraction of sp³-hybridized carbons (Fsp3) is 0.875. The number of rotatable bonds is 0. The molecule has 1 heteroatoms. The van der Waals surface area contributed by atoms with Crippen LogP contribution in [0.1, 0.15) is 27.7 Å². The average Bonchev–Trinajstić information content (AvgIpc) is 1.88. The summed E-state index contributed by atoms with van der Waals surface area (Å²) in [5.74, 6) is 0.662. The first kappa shape index (κ1) is 9.60. The Morgan fingerprint density at radius 3 is 1.11 bits per heavy atom. The van der Waals surface area contributed by atoms with Crippen LogP contribution in [0.2, 0.25) is 0 Å². The number of hydrogen-bond acceptors (Lipinski definition) is 0. The Balaban J connectivity index is 0.000000640. The Morgan fingerprint density at radius 2 is 1.11 bits per heavy atom. The van der Waals surface area contributed by atoms with E-state index >= 15 is 0 Å². The summed E-state index contributed by atoms with van der Waals surface area (Å²) in [4.78, 5) is 0. The van der Waals surface area contributed by atoms with Crippen molar-refractivity contribution in [2.75, 3.05) is 0 Å². The third-order valence-corrected chi connectivity index (χ3v) is 3.32. The first-order valence-electron chi connectivity index (χ1n) is 3.24. The first-order chi connectivity index (χ1) is 3.40. The molecule has 1 rings (SSSR count). The molecule has 48 valence electrons. The molecule has 0 bridgehead atoms. The summed E-state index contributed by atoms with van der Waals surface area (Å²) in [6.07, 6.45) is 0. The van der Waals surface area contributed by atoms with E-state index in [1.807, 2.05) is 0 Å². The molecule has 1 fully saturated rings. The Hall–Kier alpha value is 0.597. The molecular formula is C8H15Li. The van der Waals surface area contributed by atoms with Crippen LogP contribution in [0.3, 0.4) is 0 Å². The third kappa shape index (κ3) is 0.974. The fourth-order valence-electron chi connectivity index (χ4n) is 1.33. The quantitative estimate of drug-likeness (QED) is 0.297. The van der Waals surface area contributed by atoms with Gasteiger partial charge in [0.1, 0.15) is 0 Å². The van der Waals surface area contributed by atoms with Crippen LogP contribution in [0.4, 0.5) is 0 Å². The minimum absolute atomic E-state index is 0. The van der Waals surface area contributed by atoms with Crippen LogP contribution < -0.4 is 18.9 Å². The molecule has 0 radical (unpaired) electrons. The molecule has 1 saturated carbocycles. The first-order valence-corrected chi connectivity index (χ1v) is 3.24. The van der Waals surface area contributed by atoms with Gasteiger partial charge in [0.2, 0.25) is 0 Å². The van der Waals surface area contributed by atoms with Crippen molar-refractivity contribution in [2.24, 2.45) is 16.7 Å².